The normalized spacial score (nSPS) is 20.5. The second-order valence-corrected chi connectivity index (χ2v) is 6.44. The Balaban J connectivity index is 1.91. The zero-order valence-electron chi connectivity index (χ0n) is 13.2. The van der Waals surface area contributed by atoms with Crippen molar-refractivity contribution in [3.63, 3.8) is 0 Å². The average molecular weight is 275 g/mol. The highest BCUT2D eigenvalue weighted by molar-refractivity contribution is 5.17. The molecule has 1 fully saturated rings. The van der Waals surface area contributed by atoms with Gasteiger partial charge < -0.3 is 5.32 Å². The molecule has 1 N–H and O–H groups in total. The van der Waals surface area contributed by atoms with Gasteiger partial charge in [-0.25, -0.2) is 0 Å². The highest BCUT2D eigenvalue weighted by Crippen LogP contribution is 2.19. The number of hydrogen-bond acceptors (Lipinski definition) is 3. The third-order valence-corrected chi connectivity index (χ3v) is 4.15. The molecule has 0 aromatic carbocycles. The van der Waals surface area contributed by atoms with Crippen LogP contribution in [0.25, 0.3) is 0 Å². The van der Waals surface area contributed by atoms with Gasteiger partial charge >= 0.3 is 0 Å². The molecule has 0 spiro atoms. The lowest BCUT2D eigenvalue weighted by atomic mass is 10.0. The van der Waals surface area contributed by atoms with Crippen LogP contribution in [0.1, 0.15) is 44.4 Å². The average Bonchev–Trinajstić information content (AvgIpc) is 2.43. The van der Waals surface area contributed by atoms with Crippen LogP contribution in [0.5, 0.6) is 0 Å². The summed E-state index contributed by atoms with van der Waals surface area (Å²) in [5.74, 6) is 0.727. The Morgan fingerprint density at radius 1 is 1.40 bits per heavy atom. The standard InChI is InChI=1S/C17H29N3/c1-14(2)11-18-12-16-8-4-5-10-20(16)13-17-15(3)7-6-9-19-17/h6-7,9,14,16,18H,4-5,8,10-13H2,1-3H3. The van der Waals surface area contributed by atoms with Crippen molar-refractivity contribution in [2.24, 2.45) is 5.92 Å². The van der Waals surface area contributed by atoms with Gasteiger partial charge in [0.25, 0.3) is 0 Å². The minimum Gasteiger partial charge on any atom is -0.315 e. The summed E-state index contributed by atoms with van der Waals surface area (Å²) in [6.45, 7) is 11.1. The van der Waals surface area contributed by atoms with Gasteiger partial charge in [-0.2, -0.15) is 0 Å². The first-order valence-corrected chi connectivity index (χ1v) is 8.02. The fraction of sp³-hybridized carbons (Fsp3) is 0.706. The van der Waals surface area contributed by atoms with Gasteiger partial charge in [0.15, 0.2) is 0 Å². The summed E-state index contributed by atoms with van der Waals surface area (Å²) in [6, 6.07) is 4.86. The molecule has 0 amide bonds. The van der Waals surface area contributed by atoms with Crippen LogP contribution in [0.2, 0.25) is 0 Å². The van der Waals surface area contributed by atoms with E-state index < -0.39 is 0 Å². The van der Waals surface area contributed by atoms with Crippen molar-refractivity contribution in [1.82, 2.24) is 15.2 Å². The van der Waals surface area contributed by atoms with Crippen LogP contribution < -0.4 is 5.32 Å². The fourth-order valence-electron chi connectivity index (χ4n) is 2.91. The minimum absolute atomic E-state index is 0.670. The van der Waals surface area contributed by atoms with Crippen LogP contribution >= 0.6 is 0 Å². The Morgan fingerprint density at radius 2 is 2.25 bits per heavy atom. The highest BCUT2D eigenvalue weighted by atomic mass is 15.2. The molecule has 1 aromatic heterocycles. The van der Waals surface area contributed by atoms with Crippen molar-refractivity contribution in [1.29, 1.82) is 0 Å². The summed E-state index contributed by atoms with van der Waals surface area (Å²) in [5.41, 5.74) is 2.55. The van der Waals surface area contributed by atoms with Gasteiger partial charge in [-0.05, 0) is 50.4 Å². The zero-order chi connectivity index (χ0) is 14.4. The molecule has 0 radical (unpaired) electrons. The molecule has 1 aliphatic rings. The van der Waals surface area contributed by atoms with Crippen LogP contribution in [0.4, 0.5) is 0 Å². The Morgan fingerprint density at radius 3 is 3.00 bits per heavy atom. The first-order chi connectivity index (χ1) is 9.66. The maximum Gasteiger partial charge on any atom is 0.0573 e. The lowest BCUT2D eigenvalue weighted by Gasteiger charge is -2.36. The predicted molar refractivity (Wildman–Crippen MR) is 84.7 cm³/mol. The molecule has 1 saturated heterocycles. The largest absolute Gasteiger partial charge is 0.315 e. The summed E-state index contributed by atoms with van der Waals surface area (Å²) in [5, 5.41) is 3.62. The van der Waals surface area contributed by atoms with Gasteiger partial charge in [-0.1, -0.05) is 26.3 Å². The number of aryl methyl sites for hydroxylation is 1. The fourth-order valence-corrected chi connectivity index (χ4v) is 2.91. The van der Waals surface area contributed by atoms with Crippen molar-refractivity contribution in [2.45, 2.75) is 52.6 Å². The molecular weight excluding hydrogens is 246 g/mol. The molecule has 0 saturated carbocycles. The Labute approximate surface area is 123 Å². The molecule has 3 heteroatoms. The van der Waals surface area contributed by atoms with Crippen LogP contribution in [0.3, 0.4) is 0 Å². The number of likely N-dealkylation sites (tertiary alicyclic amines) is 1. The van der Waals surface area contributed by atoms with Gasteiger partial charge in [-0.3, -0.25) is 9.88 Å². The summed E-state index contributed by atoms with van der Waals surface area (Å²) in [6.07, 6.45) is 5.92. The van der Waals surface area contributed by atoms with Crippen LogP contribution in [0.15, 0.2) is 18.3 Å². The van der Waals surface area contributed by atoms with E-state index >= 15 is 0 Å². The molecule has 1 unspecified atom stereocenters. The van der Waals surface area contributed by atoms with Crippen LogP contribution in [0, 0.1) is 12.8 Å². The number of nitrogens with one attached hydrogen (secondary N) is 1. The van der Waals surface area contributed by atoms with E-state index in [1.54, 1.807) is 0 Å². The summed E-state index contributed by atoms with van der Waals surface area (Å²) in [7, 11) is 0. The molecule has 112 valence electrons. The van der Waals surface area contributed by atoms with Gasteiger partial charge in [-0.15, -0.1) is 0 Å². The van der Waals surface area contributed by atoms with E-state index in [2.05, 4.69) is 42.0 Å². The molecule has 2 rings (SSSR count). The SMILES string of the molecule is Cc1cccnc1CN1CCCCC1CNCC(C)C. The molecule has 2 heterocycles. The van der Waals surface area contributed by atoms with Crippen LogP contribution in [-0.4, -0.2) is 35.6 Å². The van der Waals surface area contributed by atoms with Crippen molar-refractivity contribution < 1.29 is 0 Å². The van der Waals surface area contributed by atoms with Crippen LogP contribution in [-0.2, 0) is 6.54 Å². The molecule has 1 aliphatic heterocycles. The van der Waals surface area contributed by atoms with Gasteiger partial charge in [0.1, 0.15) is 0 Å². The smallest absolute Gasteiger partial charge is 0.0573 e. The molecule has 1 aromatic rings. The Bertz CT molecular complexity index is 403. The lowest BCUT2D eigenvalue weighted by Crippen LogP contribution is -2.45. The molecule has 0 aliphatic carbocycles. The zero-order valence-corrected chi connectivity index (χ0v) is 13.2. The first-order valence-electron chi connectivity index (χ1n) is 8.02. The van der Waals surface area contributed by atoms with Gasteiger partial charge in [0, 0.05) is 25.3 Å². The van der Waals surface area contributed by atoms with E-state index in [1.807, 2.05) is 12.3 Å². The number of hydrogen-bond donors (Lipinski definition) is 1. The Hall–Kier alpha value is -0.930. The molecule has 20 heavy (non-hydrogen) atoms. The summed E-state index contributed by atoms with van der Waals surface area (Å²) in [4.78, 5) is 7.17. The first kappa shape index (κ1) is 15.5. The maximum atomic E-state index is 4.55. The number of piperidine rings is 1. The third kappa shape index (κ3) is 4.57. The van der Waals surface area contributed by atoms with Gasteiger partial charge in [0.2, 0.25) is 0 Å². The molecule has 1 atom stereocenters. The number of rotatable bonds is 6. The van der Waals surface area contributed by atoms with E-state index in [9.17, 15) is 0 Å². The van der Waals surface area contributed by atoms with E-state index in [4.69, 9.17) is 0 Å². The van der Waals surface area contributed by atoms with Gasteiger partial charge in [0.05, 0.1) is 5.69 Å². The van der Waals surface area contributed by atoms with E-state index in [0.29, 0.717) is 6.04 Å². The second kappa shape index (κ2) is 7.75. The molecule has 3 nitrogen and oxygen atoms in total. The molecular formula is C17H29N3. The van der Waals surface area contributed by atoms with Crippen molar-refractivity contribution in [3.05, 3.63) is 29.6 Å². The summed E-state index contributed by atoms with van der Waals surface area (Å²) < 4.78 is 0. The number of aromatic nitrogens is 1. The number of nitrogens with zero attached hydrogens (tertiary/aromatic N) is 2. The minimum atomic E-state index is 0.670. The highest BCUT2D eigenvalue weighted by Gasteiger charge is 2.22. The van der Waals surface area contributed by atoms with E-state index in [-0.39, 0.29) is 0 Å². The predicted octanol–water partition coefficient (Wildman–Crippen LogP) is 2.99. The Kier molecular flexibility index (Phi) is 5.99. The topological polar surface area (TPSA) is 28.2 Å². The van der Waals surface area contributed by atoms with Crippen molar-refractivity contribution in [3.8, 4) is 0 Å². The van der Waals surface area contributed by atoms with E-state index in [0.717, 1.165) is 25.6 Å². The van der Waals surface area contributed by atoms with Crippen molar-refractivity contribution >= 4 is 0 Å². The third-order valence-electron chi connectivity index (χ3n) is 4.15. The monoisotopic (exact) mass is 275 g/mol. The second-order valence-electron chi connectivity index (χ2n) is 6.44. The number of pyridine rings is 1. The lowest BCUT2D eigenvalue weighted by molar-refractivity contribution is 0.135. The molecule has 0 bridgehead atoms. The van der Waals surface area contributed by atoms with Crippen molar-refractivity contribution in [2.75, 3.05) is 19.6 Å². The maximum absolute atomic E-state index is 4.55. The van der Waals surface area contributed by atoms with E-state index in [1.165, 1.54) is 37.1 Å². The quantitative estimate of drug-likeness (QED) is 0.865. The summed E-state index contributed by atoms with van der Waals surface area (Å²) >= 11 is 0.